The normalized spacial score (nSPS) is 13.6. The van der Waals surface area contributed by atoms with Crippen LogP contribution in [-0.2, 0) is 6.54 Å². The molecule has 0 amide bonds. The highest BCUT2D eigenvalue weighted by Crippen LogP contribution is 2.07. The lowest BCUT2D eigenvalue weighted by atomic mass is 10.0. The van der Waals surface area contributed by atoms with Crippen LogP contribution in [0, 0.1) is 12.8 Å². The molecular weight excluding hydrogens is 216 g/mol. The summed E-state index contributed by atoms with van der Waals surface area (Å²) in [7, 11) is 4.19. The highest BCUT2D eigenvalue weighted by molar-refractivity contribution is 5.04. The van der Waals surface area contributed by atoms with Crippen molar-refractivity contribution in [2.45, 2.75) is 39.8 Å². The third kappa shape index (κ3) is 5.28. The molecule has 1 aromatic heterocycles. The molecule has 1 atom stereocenters. The van der Waals surface area contributed by atoms with Crippen LogP contribution in [0.25, 0.3) is 0 Å². The number of aryl methyl sites for hydroxylation is 1. The minimum absolute atomic E-state index is 0.473. The van der Waals surface area contributed by atoms with Crippen LogP contribution in [-0.4, -0.2) is 41.9 Å². The van der Waals surface area contributed by atoms with E-state index in [-0.39, 0.29) is 0 Å². The van der Waals surface area contributed by atoms with Crippen LogP contribution in [0.5, 0.6) is 0 Å². The highest BCUT2D eigenvalue weighted by Gasteiger charge is 2.13. The molecule has 1 N–H and O–H groups in total. The Morgan fingerprint density at radius 3 is 2.47 bits per heavy atom. The van der Waals surface area contributed by atoms with Crippen molar-refractivity contribution in [3.63, 3.8) is 0 Å². The Bertz CT molecular complexity index is 312. The molecule has 0 aliphatic heterocycles. The maximum atomic E-state index is 4.69. The minimum Gasteiger partial charge on any atom is -0.308 e. The molecule has 0 bridgehead atoms. The predicted octanol–water partition coefficient (Wildman–Crippen LogP) is 1.44. The Morgan fingerprint density at radius 2 is 2.00 bits per heavy atom. The first kappa shape index (κ1) is 14.1. The fraction of sp³-hybridized carbons (Fsp3) is 0.833. The minimum atomic E-state index is 0.473. The third-order valence-electron chi connectivity index (χ3n) is 2.65. The molecule has 1 unspecified atom stereocenters. The van der Waals surface area contributed by atoms with E-state index in [0.29, 0.717) is 12.0 Å². The number of nitrogens with one attached hydrogen (secondary N) is 1. The number of rotatable bonds is 7. The van der Waals surface area contributed by atoms with Gasteiger partial charge < -0.3 is 10.2 Å². The summed E-state index contributed by atoms with van der Waals surface area (Å²) in [6.45, 7) is 8.15. The lowest BCUT2D eigenvalue weighted by Crippen LogP contribution is -2.39. The van der Waals surface area contributed by atoms with Crippen LogP contribution in [0.15, 0.2) is 4.63 Å². The number of nitrogens with zero attached hydrogens (tertiary/aromatic N) is 3. The van der Waals surface area contributed by atoms with Crippen molar-refractivity contribution in [1.82, 2.24) is 20.5 Å². The summed E-state index contributed by atoms with van der Waals surface area (Å²) in [4.78, 5) is 2.20. The van der Waals surface area contributed by atoms with Crippen molar-refractivity contribution in [1.29, 1.82) is 0 Å². The van der Waals surface area contributed by atoms with Crippen molar-refractivity contribution < 1.29 is 4.63 Å². The second-order valence-electron chi connectivity index (χ2n) is 5.27. The largest absolute Gasteiger partial charge is 0.308 e. The van der Waals surface area contributed by atoms with Gasteiger partial charge in [0.15, 0.2) is 0 Å². The summed E-state index contributed by atoms with van der Waals surface area (Å²) in [5.74, 6) is 0.684. The van der Waals surface area contributed by atoms with Gasteiger partial charge in [-0.3, -0.25) is 0 Å². The first-order chi connectivity index (χ1) is 7.99. The molecule has 0 aliphatic rings. The zero-order chi connectivity index (χ0) is 12.8. The van der Waals surface area contributed by atoms with E-state index < -0.39 is 0 Å². The van der Waals surface area contributed by atoms with Crippen LogP contribution >= 0.6 is 0 Å². The standard InChI is InChI=1S/C12H24N4O/c1-9(2)6-11(8-16(4)5)13-7-12-10(3)14-17-15-12/h9,11,13H,6-8H2,1-5H3. The van der Waals surface area contributed by atoms with Crippen molar-refractivity contribution >= 4 is 0 Å². The second kappa shape index (κ2) is 6.71. The average Bonchev–Trinajstić information content (AvgIpc) is 2.59. The Kier molecular flexibility index (Phi) is 5.58. The average molecular weight is 240 g/mol. The first-order valence-electron chi connectivity index (χ1n) is 6.15. The second-order valence-corrected chi connectivity index (χ2v) is 5.27. The fourth-order valence-corrected chi connectivity index (χ4v) is 1.88. The molecule has 98 valence electrons. The molecule has 0 aromatic carbocycles. The van der Waals surface area contributed by atoms with Gasteiger partial charge in [0, 0.05) is 19.1 Å². The fourth-order valence-electron chi connectivity index (χ4n) is 1.88. The van der Waals surface area contributed by atoms with E-state index in [1.54, 1.807) is 0 Å². The van der Waals surface area contributed by atoms with E-state index in [2.05, 4.69) is 53.1 Å². The summed E-state index contributed by atoms with van der Waals surface area (Å²) in [6.07, 6.45) is 1.16. The van der Waals surface area contributed by atoms with Gasteiger partial charge in [0.25, 0.3) is 0 Å². The number of hydrogen-bond donors (Lipinski definition) is 1. The topological polar surface area (TPSA) is 54.2 Å². The van der Waals surface area contributed by atoms with Crippen molar-refractivity contribution in [2.75, 3.05) is 20.6 Å². The van der Waals surface area contributed by atoms with Gasteiger partial charge in [-0.2, -0.15) is 0 Å². The molecule has 0 saturated heterocycles. The Hall–Kier alpha value is -0.940. The Morgan fingerprint density at radius 1 is 1.29 bits per heavy atom. The van der Waals surface area contributed by atoms with E-state index in [4.69, 9.17) is 0 Å². The zero-order valence-electron chi connectivity index (χ0n) is 11.5. The molecule has 0 radical (unpaired) electrons. The molecule has 0 aliphatic carbocycles. The van der Waals surface area contributed by atoms with Crippen LogP contribution in [0.1, 0.15) is 31.7 Å². The molecule has 0 spiro atoms. The van der Waals surface area contributed by atoms with E-state index >= 15 is 0 Å². The molecule has 1 heterocycles. The third-order valence-corrected chi connectivity index (χ3v) is 2.65. The zero-order valence-corrected chi connectivity index (χ0v) is 11.5. The van der Waals surface area contributed by atoms with Gasteiger partial charge in [-0.15, -0.1) is 0 Å². The maximum Gasteiger partial charge on any atom is 0.121 e. The van der Waals surface area contributed by atoms with E-state index in [0.717, 1.165) is 30.9 Å². The lowest BCUT2D eigenvalue weighted by Gasteiger charge is -2.23. The molecule has 1 aromatic rings. The van der Waals surface area contributed by atoms with Crippen LogP contribution in [0.2, 0.25) is 0 Å². The van der Waals surface area contributed by atoms with Crippen LogP contribution in [0.4, 0.5) is 0 Å². The number of likely N-dealkylation sites (N-methyl/N-ethyl adjacent to an activating group) is 1. The molecule has 0 fully saturated rings. The van der Waals surface area contributed by atoms with Gasteiger partial charge in [0.2, 0.25) is 0 Å². The SMILES string of the molecule is Cc1nonc1CNC(CC(C)C)CN(C)C. The van der Waals surface area contributed by atoms with Gasteiger partial charge in [-0.05, 0) is 33.4 Å². The molecule has 0 saturated carbocycles. The quantitative estimate of drug-likeness (QED) is 0.781. The molecule has 17 heavy (non-hydrogen) atoms. The van der Waals surface area contributed by atoms with Gasteiger partial charge >= 0.3 is 0 Å². The molecule has 5 nitrogen and oxygen atoms in total. The van der Waals surface area contributed by atoms with Gasteiger partial charge in [-0.25, -0.2) is 4.63 Å². The predicted molar refractivity (Wildman–Crippen MR) is 67.7 cm³/mol. The lowest BCUT2D eigenvalue weighted by molar-refractivity contribution is 0.290. The number of aromatic nitrogens is 2. The van der Waals surface area contributed by atoms with E-state index in [9.17, 15) is 0 Å². The molecule has 5 heteroatoms. The van der Waals surface area contributed by atoms with E-state index in [1.807, 2.05) is 6.92 Å². The molecule has 1 rings (SSSR count). The summed E-state index contributed by atoms with van der Waals surface area (Å²) in [5, 5.41) is 11.2. The smallest absolute Gasteiger partial charge is 0.121 e. The monoisotopic (exact) mass is 240 g/mol. The van der Waals surface area contributed by atoms with Crippen molar-refractivity contribution in [3.05, 3.63) is 11.4 Å². The van der Waals surface area contributed by atoms with Gasteiger partial charge in [0.1, 0.15) is 11.4 Å². The summed E-state index contributed by atoms with van der Waals surface area (Å²) >= 11 is 0. The van der Waals surface area contributed by atoms with E-state index in [1.165, 1.54) is 0 Å². The Labute approximate surface area is 104 Å². The maximum absolute atomic E-state index is 4.69. The summed E-state index contributed by atoms with van der Waals surface area (Å²) in [6, 6.07) is 0.473. The van der Waals surface area contributed by atoms with Gasteiger partial charge in [0.05, 0.1) is 0 Å². The number of hydrogen-bond acceptors (Lipinski definition) is 5. The van der Waals surface area contributed by atoms with Crippen LogP contribution in [0.3, 0.4) is 0 Å². The van der Waals surface area contributed by atoms with Gasteiger partial charge in [-0.1, -0.05) is 24.2 Å². The highest BCUT2D eigenvalue weighted by atomic mass is 16.6. The van der Waals surface area contributed by atoms with Crippen LogP contribution < -0.4 is 5.32 Å². The summed E-state index contributed by atoms with van der Waals surface area (Å²) < 4.78 is 4.69. The molecular formula is C12H24N4O. The van der Waals surface area contributed by atoms with Crippen molar-refractivity contribution in [2.24, 2.45) is 5.92 Å². The van der Waals surface area contributed by atoms with Crippen molar-refractivity contribution in [3.8, 4) is 0 Å². The first-order valence-corrected chi connectivity index (χ1v) is 6.15. The Balaban J connectivity index is 2.45. The summed E-state index contributed by atoms with van der Waals surface area (Å²) in [5.41, 5.74) is 1.77.